The summed E-state index contributed by atoms with van der Waals surface area (Å²) in [7, 11) is 1.64. The largest absolute Gasteiger partial charge is 0.497 e. The topological polar surface area (TPSA) is 73.6 Å². The van der Waals surface area contributed by atoms with Crippen LogP contribution in [0.4, 0.5) is 5.82 Å². The van der Waals surface area contributed by atoms with Crippen LogP contribution in [0.1, 0.15) is 12.7 Å². The van der Waals surface area contributed by atoms with Crippen molar-refractivity contribution >= 4 is 11.5 Å². The highest BCUT2D eigenvalue weighted by Gasteiger charge is 2.07. The zero-order valence-corrected chi connectivity index (χ0v) is 13.4. The number of aryl methyl sites for hydroxylation is 1. The van der Waals surface area contributed by atoms with Crippen molar-refractivity contribution in [1.29, 1.82) is 0 Å². The zero-order chi connectivity index (χ0) is 16.2. The van der Waals surface area contributed by atoms with Crippen molar-refractivity contribution in [2.75, 3.05) is 19.0 Å². The van der Waals surface area contributed by atoms with E-state index < -0.39 is 0 Å². The molecule has 120 valence electrons. The molecule has 2 aromatic heterocycles. The number of anilines is 1. The Kier molecular flexibility index (Phi) is 4.27. The molecule has 3 rings (SSSR count). The Morgan fingerprint density at radius 2 is 1.83 bits per heavy atom. The van der Waals surface area contributed by atoms with Crippen molar-refractivity contribution in [1.82, 2.24) is 19.8 Å². The average Bonchev–Trinajstić information content (AvgIpc) is 2.94. The third-order valence-corrected chi connectivity index (χ3v) is 3.39. The molecule has 3 aromatic rings. The standard InChI is InChI=1S/C16H19N5O2/c1-11(23-14-6-4-13(22-3)5-7-14)10-17-15-8-9-16-19-18-12(2)21(16)20-15/h4-9,11H,10H2,1-3H3,(H,17,20). The number of nitrogens with one attached hydrogen (secondary N) is 1. The van der Waals surface area contributed by atoms with Crippen molar-refractivity contribution < 1.29 is 9.47 Å². The van der Waals surface area contributed by atoms with Gasteiger partial charge in [-0.25, -0.2) is 0 Å². The Balaban J connectivity index is 1.58. The lowest BCUT2D eigenvalue weighted by molar-refractivity contribution is 0.234. The van der Waals surface area contributed by atoms with Crippen LogP contribution >= 0.6 is 0 Å². The van der Waals surface area contributed by atoms with Gasteiger partial charge in [0.2, 0.25) is 0 Å². The summed E-state index contributed by atoms with van der Waals surface area (Å²) in [5.41, 5.74) is 0.732. The van der Waals surface area contributed by atoms with Crippen LogP contribution in [-0.2, 0) is 0 Å². The molecule has 1 unspecified atom stereocenters. The van der Waals surface area contributed by atoms with Gasteiger partial charge in [-0.15, -0.1) is 15.3 Å². The average molecular weight is 313 g/mol. The summed E-state index contributed by atoms with van der Waals surface area (Å²) in [5, 5.41) is 15.7. The summed E-state index contributed by atoms with van der Waals surface area (Å²) in [5.74, 6) is 3.12. The predicted octanol–water partition coefficient (Wildman–Crippen LogP) is 2.32. The molecule has 1 aromatic carbocycles. The minimum Gasteiger partial charge on any atom is -0.497 e. The fourth-order valence-electron chi connectivity index (χ4n) is 2.17. The van der Waals surface area contributed by atoms with E-state index in [9.17, 15) is 0 Å². The smallest absolute Gasteiger partial charge is 0.178 e. The molecule has 7 nitrogen and oxygen atoms in total. The number of fused-ring (bicyclic) bond motifs is 1. The maximum Gasteiger partial charge on any atom is 0.178 e. The highest BCUT2D eigenvalue weighted by Crippen LogP contribution is 2.18. The van der Waals surface area contributed by atoms with E-state index in [-0.39, 0.29) is 6.10 Å². The van der Waals surface area contributed by atoms with Gasteiger partial charge in [0.15, 0.2) is 11.5 Å². The molecule has 0 bridgehead atoms. The van der Waals surface area contributed by atoms with Gasteiger partial charge in [-0.2, -0.15) is 4.52 Å². The molecule has 0 aliphatic carbocycles. The van der Waals surface area contributed by atoms with Gasteiger partial charge >= 0.3 is 0 Å². The highest BCUT2D eigenvalue weighted by molar-refractivity contribution is 5.43. The second-order valence-electron chi connectivity index (χ2n) is 5.22. The van der Waals surface area contributed by atoms with Gasteiger partial charge in [0.05, 0.1) is 13.7 Å². The molecule has 1 N–H and O–H groups in total. The summed E-state index contributed by atoms with van der Waals surface area (Å²) in [6.07, 6.45) is -0.0112. The lowest BCUT2D eigenvalue weighted by Gasteiger charge is -2.16. The molecule has 2 heterocycles. The first kappa shape index (κ1) is 15.1. The summed E-state index contributed by atoms with van der Waals surface area (Å²) in [6.45, 7) is 4.50. The van der Waals surface area contributed by atoms with Gasteiger partial charge in [0.1, 0.15) is 23.4 Å². The number of rotatable bonds is 6. The number of ether oxygens (including phenoxy) is 2. The third kappa shape index (κ3) is 3.50. The number of aromatic nitrogens is 4. The van der Waals surface area contributed by atoms with Crippen LogP contribution in [0, 0.1) is 6.92 Å². The van der Waals surface area contributed by atoms with Gasteiger partial charge in [0, 0.05) is 0 Å². The SMILES string of the molecule is COc1ccc(OC(C)CNc2ccc3nnc(C)n3n2)cc1. The zero-order valence-electron chi connectivity index (χ0n) is 13.4. The van der Waals surface area contributed by atoms with E-state index in [0.29, 0.717) is 6.54 Å². The maximum absolute atomic E-state index is 5.85. The first-order chi connectivity index (χ1) is 11.2. The molecule has 0 radical (unpaired) electrons. The van der Waals surface area contributed by atoms with Gasteiger partial charge in [-0.1, -0.05) is 0 Å². The van der Waals surface area contributed by atoms with Crippen LogP contribution in [0.3, 0.4) is 0 Å². The van der Waals surface area contributed by atoms with E-state index in [1.807, 2.05) is 50.2 Å². The highest BCUT2D eigenvalue weighted by atomic mass is 16.5. The second-order valence-corrected chi connectivity index (χ2v) is 5.22. The molecule has 1 atom stereocenters. The monoisotopic (exact) mass is 313 g/mol. The van der Waals surface area contributed by atoms with Gasteiger partial charge in [-0.05, 0) is 50.2 Å². The van der Waals surface area contributed by atoms with E-state index in [1.54, 1.807) is 11.6 Å². The lowest BCUT2D eigenvalue weighted by atomic mass is 10.3. The van der Waals surface area contributed by atoms with E-state index in [4.69, 9.17) is 9.47 Å². The Morgan fingerprint density at radius 3 is 2.57 bits per heavy atom. The normalized spacial score (nSPS) is 12.1. The molecule has 23 heavy (non-hydrogen) atoms. The molecule has 0 spiro atoms. The Labute approximate surface area is 134 Å². The minimum absolute atomic E-state index is 0.0112. The van der Waals surface area contributed by atoms with Gasteiger partial charge in [0.25, 0.3) is 0 Å². The number of hydrogen-bond donors (Lipinski definition) is 1. The van der Waals surface area contributed by atoms with Crippen LogP contribution < -0.4 is 14.8 Å². The van der Waals surface area contributed by atoms with E-state index >= 15 is 0 Å². The van der Waals surface area contributed by atoms with Crippen molar-refractivity contribution in [3.8, 4) is 11.5 Å². The molecule has 0 saturated heterocycles. The molecule has 7 heteroatoms. The van der Waals surface area contributed by atoms with E-state index in [2.05, 4.69) is 20.6 Å². The number of hydrogen-bond acceptors (Lipinski definition) is 6. The van der Waals surface area contributed by atoms with E-state index in [1.165, 1.54) is 0 Å². The Bertz CT molecular complexity index is 785. The van der Waals surface area contributed by atoms with E-state index in [0.717, 1.165) is 28.8 Å². The Hall–Kier alpha value is -2.83. The van der Waals surface area contributed by atoms with Crippen LogP contribution in [0.5, 0.6) is 11.5 Å². The Morgan fingerprint density at radius 1 is 1.09 bits per heavy atom. The maximum atomic E-state index is 5.85. The molecule has 0 aliphatic rings. The van der Waals surface area contributed by atoms with Gasteiger partial charge < -0.3 is 14.8 Å². The van der Waals surface area contributed by atoms with Crippen molar-refractivity contribution in [2.45, 2.75) is 20.0 Å². The van der Waals surface area contributed by atoms with Crippen LogP contribution in [0.2, 0.25) is 0 Å². The van der Waals surface area contributed by atoms with Crippen LogP contribution in [-0.4, -0.2) is 39.6 Å². The van der Waals surface area contributed by atoms with Gasteiger partial charge in [-0.3, -0.25) is 0 Å². The number of methoxy groups -OCH3 is 1. The molecular weight excluding hydrogens is 294 g/mol. The number of benzene rings is 1. The molecule has 0 amide bonds. The fraction of sp³-hybridized carbons (Fsp3) is 0.312. The number of nitrogens with zero attached hydrogens (tertiary/aromatic N) is 4. The molecule has 0 fully saturated rings. The predicted molar refractivity (Wildman–Crippen MR) is 87.1 cm³/mol. The van der Waals surface area contributed by atoms with Crippen molar-refractivity contribution in [3.05, 3.63) is 42.2 Å². The summed E-state index contributed by atoms with van der Waals surface area (Å²) in [6, 6.07) is 11.3. The summed E-state index contributed by atoms with van der Waals surface area (Å²) >= 11 is 0. The second kappa shape index (κ2) is 6.51. The summed E-state index contributed by atoms with van der Waals surface area (Å²) < 4.78 is 12.7. The quantitative estimate of drug-likeness (QED) is 0.753. The third-order valence-electron chi connectivity index (χ3n) is 3.39. The van der Waals surface area contributed by atoms with Crippen LogP contribution in [0.25, 0.3) is 5.65 Å². The van der Waals surface area contributed by atoms with Crippen molar-refractivity contribution in [3.63, 3.8) is 0 Å². The fourth-order valence-corrected chi connectivity index (χ4v) is 2.17. The molecule has 0 saturated carbocycles. The van der Waals surface area contributed by atoms with Crippen LogP contribution in [0.15, 0.2) is 36.4 Å². The lowest BCUT2D eigenvalue weighted by Crippen LogP contribution is -2.23. The molecule has 0 aliphatic heterocycles. The molecular formula is C16H19N5O2. The minimum atomic E-state index is -0.0112. The van der Waals surface area contributed by atoms with Crippen molar-refractivity contribution in [2.24, 2.45) is 0 Å². The first-order valence-corrected chi connectivity index (χ1v) is 7.39. The summed E-state index contributed by atoms with van der Waals surface area (Å²) in [4.78, 5) is 0. The first-order valence-electron chi connectivity index (χ1n) is 7.39.